The molecule has 2 aromatic heterocycles. The zero-order valence-corrected chi connectivity index (χ0v) is 18.1. The van der Waals surface area contributed by atoms with Gasteiger partial charge in [0.05, 0.1) is 18.8 Å². The fraction of sp³-hybridized carbons (Fsp3) is 0.368. The fourth-order valence-corrected chi connectivity index (χ4v) is 3.96. The number of hydrogen-bond donors (Lipinski definition) is 2. The molecule has 0 spiro atoms. The highest BCUT2D eigenvalue weighted by atomic mass is 32.1. The predicted octanol–water partition coefficient (Wildman–Crippen LogP) is 4.23. The van der Waals surface area contributed by atoms with Crippen molar-refractivity contribution in [3.63, 3.8) is 0 Å². The van der Waals surface area contributed by atoms with Gasteiger partial charge >= 0.3 is 11.9 Å². The molecular formula is C19H23N3O4S2. The van der Waals surface area contributed by atoms with Crippen LogP contribution in [0, 0.1) is 20.8 Å². The van der Waals surface area contributed by atoms with Crippen LogP contribution < -0.4 is 10.6 Å². The van der Waals surface area contributed by atoms with Crippen molar-refractivity contribution in [2.45, 2.75) is 34.6 Å². The second-order valence-corrected chi connectivity index (χ2v) is 7.38. The maximum atomic E-state index is 12.4. The van der Waals surface area contributed by atoms with Gasteiger partial charge in [0.25, 0.3) is 0 Å². The Labute approximate surface area is 173 Å². The van der Waals surface area contributed by atoms with E-state index < -0.39 is 11.9 Å². The molecule has 0 atom stereocenters. The number of aryl methyl sites for hydroxylation is 2. The fourth-order valence-electron chi connectivity index (χ4n) is 2.60. The number of thiophene rings is 1. The number of anilines is 2. The lowest BCUT2D eigenvalue weighted by molar-refractivity contribution is 0.0527. The van der Waals surface area contributed by atoms with Gasteiger partial charge in [0.1, 0.15) is 15.7 Å². The van der Waals surface area contributed by atoms with E-state index in [1.807, 2.05) is 26.0 Å². The molecule has 0 aliphatic rings. The molecule has 0 bridgehead atoms. The van der Waals surface area contributed by atoms with Crippen molar-refractivity contribution in [3.05, 3.63) is 39.4 Å². The van der Waals surface area contributed by atoms with Crippen LogP contribution >= 0.6 is 23.6 Å². The van der Waals surface area contributed by atoms with Crippen LogP contribution in [0.4, 0.5) is 10.8 Å². The van der Waals surface area contributed by atoms with Crippen molar-refractivity contribution >= 4 is 51.4 Å². The summed E-state index contributed by atoms with van der Waals surface area (Å²) in [6, 6.07) is 3.81. The molecule has 0 saturated heterocycles. The molecule has 0 aromatic carbocycles. The number of aromatic nitrogens is 1. The molecule has 7 nitrogen and oxygen atoms in total. The number of carbonyl (C=O) groups is 2. The minimum atomic E-state index is -0.526. The molecule has 0 fully saturated rings. The largest absolute Gasteiger partial charge is 0.462 e. The first-order valence-electron chi connectivity index (χ1n) is 8.77. The molecule has 150 valence electrons. The maximum absolute atomic E-state index is 12.4. The monoisotopic (exact) mass is 421 g/mol. The summed E-state index contributed by atoms with van der Waals surface area (Å²) < 4.78 is 10.2. The third kappa shape index (κ3) is 5.26. The Balaban J connectivity index is 2.31. The lowest BCUT2D eigenvalue weighted by Gasteiger charge is -2.11. The maximum Gasteiger partial charge on any atom is 0.348 e. The second-order valence-electron chi connectivity index (χ2n) is 5.95. The number of rotatable bonds is 6. The summed E-state index contributed by atoms with van der Waals surface area (Å²) in [5, 5.41) is 6.65. The van der Waals surface area contributed by atoms with Gasteiger partial charge in [0, 0.05) is 5.69 Å². The van der Waals surface area contributed by atoms with Crippen LogP contribution in [0.3, 0.4) is 0 Å². The summed E-state index contributed by atoms with van der Waals surface area (Å²) in [6.45, 7) is 9.44. The zero-order valence-electron chi connectivity index (χ0n) is 16.5. The lowest BCUT2D eigenvalue weighted by atomic mass is 10.1. The Bertz CT molecular complexity index is 889. The Morgan fingerprint density at radius 2 is 1.71 bits per heavy atom. The first-order chi connectivity index (χ1) is 13.3. The molecule has 2 aromatic rings. The molecular weight excluding hydrogens is 398 g/mol. The van der Waals surface area contributed by atoms with Crippen LogP contribution in [0.1, 0.15) is 50.7 Å². The van der Waals surface area contributed by atoms with Crippen LogP contribution in [0.2, 0.25) is 0 Å². The van der Waals surface area contributed by atoms with Crippen LogP contribution in [-0.2, 0) is 9.47 Å². The minimum Gasteiger partial charge on any atom is -0.462 e. The topological polar surface area (TPSA) is 89.5 Å². The van der Waals surface area contributed by atoms with Crippen molar-refractivity contribution in [2.24, 2.45) is 0 Å². The van der Waals surface area contributed by atoms with Crippen molar-refractivity contribution in [1.29, 1.82) is 0 Å². The van der Waals surface area contributed by atoms with Gasteiger partial charge in [0.15, 0.2) is 5.11 Å². The Kier molecular flexibility index (Phi) is 7.47. The number of ether oxygens (including phenoxy) is 2. The normalized spacial score (nSPS) is 10.3. The quantitative estimate of drug-likeness (QED) is 0.529. The van der Waals surface area contributed by atoms with Crippen LogP contribution in [0.25, 0.3) is 0 Å². The molecule has 28 heavy (non-hydrogen) atoms. The summed E-state index contributed by atoms with van der Waals surface area (Å²) in [5.74, 6) is -0.424. The highest BCUT2D eigenvalue weighted by Gasteiger charge is 2.26. The SMILES string of the molecule is CCOC(=O)c1sc(NC(=S)Nc2cc(C)cc(C)n2)c(C(=O)OCC)c1C. The van der Waals surface area contributed by atoms with E-state index >= 15 is 0 Å². The van der Waals surface area contributed by atoms with Gasteiger partial charge in [-0.3, -0.25) is 0 Å². The predicted molar refractivity (Wildman–Crippen MR) is 115 cm³/mol. The summed E-state index contributed by atoms with van der Waals surface area (Å²) in [5.41, 5.74) is 2.67. The van der Waals surface area contributed by atoms with Gasteiger partial charge < -0.3 is 20.1 Å². The van der Waals surface area contributed by atoms with E-state index in [9.17, 15) is 9.59 Å². The number of pyridine rings is 1. The first-order valence-corrected chi connectivity index (χ1v) is 10.00. The van der Waals surface area contributed by atoms with Gasteiger partial charge in [-0.25, -0.2) is 14.6 Å². The standard InChI is InChI=1S/C19H23N3O4S2/c1-6-25-17(23)14-12(5)15(18(24)26-7-2)28-16(14)22-19(27)21-13-9-10(3)8-11(4)20-13/h8-9H,6-7H2,1-5H3,(H2,20,21,22,27). The molecule has 0 aliphatic carbocycles. The summed E-state index contributed by atoms with van der Waals surface area (Å²) in [6.07, 6.45) is 0. The second kappa shape index (κ2) is 9.61. The Morgan fingerprint density at radius 3 is 2.32 bits per heavy atom. The number of esters is 2. The van der Waals surface area contributed by atoms with E-state index in [2.05, 4.69) is 15.6 Å². The lowest BCUT2D eigenvalue weighted by Crippen LogP contribution is -2.21. The van der Waals surface area contributed by atoms with E-state index in [0.29, 0.717) is 21.3 Å². The molecule has 0 unspecified atom stereocenters. The highest BCUT2D eigenvalue weighted by molar-refractivity contribution is 7.80. The van der Waals surface area contributed by atoms with E-state index in [0.717, 1.165) is 22.6 Å². The number of nitrogens with one attached hydrogen (secondary N) is 2. The van der Waals surface area contributed by atoms with Crippen LogP contribution in [-0.4, -0.2) is 35.2 Å². The van der Waals surface area contributed by atoms with Crippen molar-refractivity contribution < 1.29 is 19.1 Å². The Morgan fingerprint density at radius 1 is 1.07 bits per heavy atom. The molecule has 0 aliphatic heterocycles. The Hall–Kier alpha value is -2.52. The number of nitrogens with zero attached hydrogens (tertiary/aromatic N) is 1. The molecule has 2 rings (SSSR count). The van der Waals surface area contributed by atoms with Crippen molar-refractivity contribution in [2.75, 3.05) is 23.8 Å². The van der Waals surface area contributed by atoms with E-state index in [-0.39, 0.29) is 23.9 Å². The van der Waals surface area contributed by atoms with E-state index in [4.69, 9.17) is 21.7 Å². The van der Waals surface area contributed by atoms with Gasteiger partial charge in [-0.2, -0.15) is 0 Å². The van der Waals surface area contributed by atoms with E-state index in [1.54, 1.807) is 20.8 Å². The number of carbonyl (C=O) groups excluding carboxylic acids is 2. The number of hydrogen-bond acceptors (Lipinski definition) is 7. The van der Waals surface area contributed by atoms with Crippen LogP contribution in [0.5, 0.6) is 0 Å². The summed E-state index contributed by atoms with van der Waals surface area (Å²) in [7, 11) is 0. The summed E-state index contributed by atoms with van der Waals surface area (Å²) >= 11 is 6.46. The van der Waals surface area contributed by atoms with Crippen molar-refractivity contribution in [1.82, 2.24) is 4.98 Å². The average molecular weight is 422 g/mol. The highest BCUT2D eigenvalue weighted by Crippen LogP contribution is 2.34. The van der Waals surface area contributed by atoms with Crippen LogP contribution in [0.15, 0.2) is 12.1 Å². The summed E-state index contributed by atoms with van der Waals surface area (Å²) in [4.78, 5) is 29.3. The van der Waals surface area contributed by atoms with Gasteiger partial charge in [-0.15, -0.1) is 11.3 Å². The zero-order chi connectivity index (χ0) is 20.8. The molecule has 9 heteroatoms. The third-order valence-electron chi connectivity index (χ3n) is 3.65. The first kappa shape index (κ1) is 21.8. The molecule has 0 amide bonds. The average Bonchev–Trinajstić information content (AvgIpc) is 2.90. The molecule has 0 radical (unpaired) electrons. The molecule has 2 N–H and O–H groups in total. The van der Waals surface area contributed by atoms with Gasteiger partial charge in [-0.1, -0.05) is 0 Å². The minimum absolute atomic E-state index is 0.220. The third-order valence-corrected chi connectivity index (χ3v) is 5.04. The van der Waals surface area contributed by atoms with Crippen molar-refractivity contribution in [3.8, 4) is 0 Å². The van der Waals surface area contributed by atoms with E-state index in [1.165, 1.54) is 0 Å². The smallest absolute Gasteiger partial charge is 0.348 e. The molecule has 2 heterocycles. The number of thiocarbonyl (C=S) groups is 1. The van der Waals surface area contributed by atoms with Gasteiger partial charge in [0.2, 0.25) is 0 Å². The van der Waals surface area contributed by atoms with Gasteiger partial charge in [-0.05, 0) is 70.1 Å². The molecule has 0 saturated carbocycles.